The number of carbonyl (C=O) groups is 2. The van der Waals surface area contributed by atoms with E-state index in [4.69, 9.17) is 14.2 Å². The highest BCUT2D eigenvalue weighted by molar-refractivity contribution is 5.91. The first-order valence-corrected chi connectivity index (χ1v) is 14.3. The average molecular weight is 577 g/mol. The molecule has 3 N–H and O–H groups in total. The van der Waals surface area contributed by atoms with E-state index in [0.717, 1.165) is 35.3 Å². The first-order chi connectivity index (χ1) is 20.4. The fourth-order valence-corrected chi connectivity index (χ4v) is 4.88. The summed E-state index contributed by atoms with van der Waals surface area (Å²) in [5, 5.41) is 14.8. The molecule has 4 atom stereocenters. The number of likely N-dealkylation sites (N-methyl/N-ethyl adjacent to an activating group) is 1. The van der Waals surface area contributed by atoms with E-state index in [1.807, 2.05) is 60.8 Å². The van der Waals surface area contributed by atoms with Crippen LogP contribution in [0, 0.1) is 5.92 Å². The first-order valence-electron chi connectivity index (χ1n) is 14.3. The molecule has 1 saturated heterocycles. The molecule has 0 spiro atoms. The number of aromatic nitrogens is 1. The van der Waals surface area contributed by atoms with Crippen LogP contribution in [0.25, 0.3) is 0 Å². The lowest BCUT2D eigenvalue weighted by atomic mass is 9.90. The van der Waals surface area contributed by atoms with E-state index in [-0.39, 0.29) is 37.9 Å². The number of nitrogens with zero attached hydrogens (tertiary/aromatic N) is 2. The molecule has 1 aliphatic rings. The van der Waals surface area contributed by atoms with Crippen LogP contribution in [0.4, 0.5) is 10.5 Å². The van der Waals surface area contributed by atoms with Crippen molar-refractivity contribution < 1.29 is 28.9 Å². The van der Waals surface area contributed by atoms with Gasteiger partial charge in [0.2, 0.25) is 0 Å². The number of ether oxygens (including phenoxy) is 3. The highest BCUT2D eigenvalue weighted by atomic mass is 16.7. The van der Waals surface area contributed by atoms with E-state index in [0.29, 0.717) is 12.2 Å². The van der Waals surface area contributed by atoms with Crippen LogP contribution < -0.4 is 10.6 Å². The van der Waals surface area contributed by atoms with Gasteiger partial charge in [0.25, 0.3) is 0 Å². The molecule has 224 valence electrons. The number of hydrogen-bond donors (Lipinski definition) is 3. The van der Waals surface area contributed by atoms with Gasteiger partial charge in [0.1, 0.15) is 6.54 Å². The van der Waals surface area contributed by atoms with E-state index in [2.05, 4.69) is 34.5 Å². The molecule has 3 aromatic rings. The van der Waals surface area contributed by atoms with Crippen molar-refractivity contribution in [3.05, 3.63) is 95.3 Å². The molecule has 10 heteroatoms. The van der Waals surface area contributed by atoms with Crippen LogP contribution in [-0.4, -0.2) is 66.4 Å². The van der Waals surface area contributed by atoms with Gasteiger partial charge in [-0.05, 0) is 49.4 Å². The van der Waals surface area contributed by atoms with E-state index < -0.39 is 18.3 Å². The first kappa shape index (κ1) is 31.1. The van der Waals surface area contributed by atoms with Gasteiger partial charge in [0.15, 0.2) is 6.29 Å². The second kappa shape index (κ2) is 15.4. The molecule has 0 bridgehead atoms. The fraction of sp³-hybridized carbons (Fsp3) is 0.406. The Labute approximate surface area is 247 Å². The number of anilines is 1. The number of carbonyl (C=O) groups excluding carboxylic acids is 2. The minimum atomic E-state index is -0.678. The van der Waals surface area contributed by atoms with Crippen LogP contribution >= 0.6 is 0 Å². The fourth-order valence-electron chi connectivity index (χ4n) is 4.88. The molecule has 0 radical (unpaired) electrons. The molecule has 4 rings (SSSR count). The van der Waals surface area contributed by atoms with Crippen molar-refractivity contribution in [1.29, 1.82) is 0 Å². The molecule has 1 fully saturated rings. The van der Waals surface area contributed by atoms with Crippen molar-refractivity contribution in [2.75, 3.05) is 38.6 Å². The molecule has 1 aromatic heterocycles. The molecule has 2 amide bonds. The highest BCUT2D eigenvalue weighted by Gasteiger charge is 2.38. The number of rotatable bonds is 12. The normalized spacial score (nSPS) is 20.2. The maximum Gasteiger partial charge on any atom is 0.325 e. The van der Waals surface area contributed by atoms with Crippen LogP contribution in [0.5, 0.6) is 0 Å². The van der Waals surface area contributed by atoms with Crippen molar-refractivity contribution in [3.8, 4) is 0 Å². The standard InChI is InChI=1S/C32H40N4O6/c1-4-40-29(38)19-34-32(39)35-27-10-7-8-25(18-27)31-41-28(20-36(3)17-15-26-9-5-6-16-33-26)22(2)30(42-31)24-13-11-23(21-37)12-14-24/h5-14,16,18,22,28,30-31,37H,4,15,17,19-21H2,1-3H3,(H2,34,35,39)/t22-,28+,30+,31+/m0/s1. The molecule has 0 unspecified atom stereocenters. The third-order valence-electron chi connectivity index (χ3n) is 7.21. The average Bonchev–Trinajstić information content (AvgIpc) is 3.01. The Morgan fingerprint density at radius 3 is 2.57 bits per heavy atom. The summed E-state index contributed by atoms with van der Waals surface area (Å²) in [7, 11) is 2.08. The number of urea groups is 1. The Morgan fingerprint density at radius 1 is 1.05 bits per heavy atom. The molecule has 2 aromatic carbocycles. The second-order valence-corrected chi connectivity index (χ2v) is 10.4. The number of nitrogens with one attached hydrogen (secondary N) is 2. The second-order valence-electron chi connectivity index (χ2n) is 10.4. The maximum absolute atomic E-state index is 12.4. The molecule has 0 aliphatic carbocycles. The van der Waals surface area contributed by atoms with Crippen molar-refractivity contribution >= 4 is 17.7 Å². The monoisotopic (exact) mass is 576 g/mol. The molecule has 1 aliphatic heterocycles. The number of aliphatic hydroxyl groups is 1. The number of pyridine rings is 1. The summed E-state index contributed by atoms with van der Waals surface area (Å²) in [6.45, 7) is 5.35. The Hall–Kier alpha value is -3.83. The number of amides is 2. The number of benzene rings is 2. The van der Waals surface area contributed by atoms with Gasteiger partial charge in [-0.25, -0.2) is 4.79 Å². The smallest absolute Gasteiger partial charge is 0.325 e. The summed E-state index contributed by atoms with van der Waals surface area (Å²) in [5.74, 6) is -0.470. The minimum Gasteiger partial charge on any atom is -0.465 e. The quantitative estimate of drug-likeness (QED) is 0.274. The molecule has 42 heavy (non-hydrogen) atoms. The van der Waals surface area contributed by atoms with Gasteiger partial charge >= 0.3 is 12.0 Å². The molecular formula is C32H40N4O6. The summed E-state index contributed by atoms with van der Waals surface area (Å²) in [6, 6.07) is 20.5. The topological polar surface area (TPSA) is 122 Å². The predicted molar refractivity (Wildman–Crippen MR) is 159 cm³/mol. The van der Waals surface area contributed by atoms with Crippen LogP contribution in [0.15, 0.2) is 72.9 Å². The lowest BCUT2D eigenvalue weighted by molar-refractivity contribution is -0.275. The summed E-state index contributed by atoms with van der Waals surface area (Å²) in [5.41, 5.74) is 4.17. The van der Waals surface area contributed by atoms with Gasteiger partial charge in [-0.3, -0.25) is 9.78 Å². The van der Waals surface area contributed by atoms with Crippen molar-refractivity contribution in [2.45, 2.75) is 45.4 Å². The number of esters is 1. The number of aliphatic hydroxyl groups excluding tert-OH is 1. The van der Waals surface area contributed by atoms with Crippen LogP contribution in [-0.2, 0) is 32.0 Å². The van der Waals surface area contributed by atoms with Gasteiger partial charge in [-0.2, -0.15) is 0 Å². The van der Waals surface area contributed by atoms with Gasteiger partial charge in [-0.1, -0.05) is 49.4 Å². The van der Waals surface area contributed by atoms with E-state index >= 15 is 0 Å². The third kappa shape index (κ3) is 8.83. The largest absolute Gasteiger partial charge is 0.465 e. The highest BCUT2D eigenvalue weighted by Crippen LogP contribution is 2.42. The van der Waals surface area contributed by atoms with Gasteiger partial charge in [0, 0.05) is 48.6 Å². The van der Waals surface area contributed by atoms with E-state index in [1.165, 1.54) is 0 Å². The van der Waals surface area contributed by atoms with Gasteiger partial charge < -0.3 is 34.9 Å². The third-order valence-corrected chi connectivity index (χ3v) is 7.21. The maximum atomic E-state index is 12.4. The number of hydrogen-bond acceptors (Lipinski definition) is 8. The predicted octanol–water partition coefficient (Wildman–Crippen LogP) is 4.22. The summed E-state index contributed by atoms with van der Waals surface area (Å²) >= 11 is 0. The van der Waals surface area contributed by atoms with E-state index in [9.17, 15) is 14.7 Å². The molecular weight excluding hydrogens is 536 g/mol. The molecule has 10 nitrogen and oxygen atoms in total. The zero-order valence-corrected chi connectivity index (χ0v) is 24.4. The van der Waals surface area contributed by atoms with Crippen molar-refractivity contribution in [1.82, 2.24) is 15.2 Å². The molecule has 0 saturated carbocycles. The van der Waals surface area contributed by atoms with Crippen molar-refractivity contribution in [2.24, 2.45) is 5.92 Å². The Bertz CT molecular complexity index is 1290. The minimum absolute atomic E-state index is 0.0239. The summed E-state index contributed by atoms with van der Waals surface area (Å²) < 4.78 is 18.0. The zero-order valence-electron chi connectivity index (χ0n) is 24.4. The van der Waals surface area contributed by atoms with E-state index in [1.54, 1.807) is 19.1 Å². The van der Waals surface area contributed by atoms with Gasteiger partial charge in [-0.15, -0.1) is 0 Å². The SMILES string of the molecule is CCOC(=O)CNC(=O)Nc1cccc([C@@H]2O[C@H](CN(C)CCc3ccccn3)[C@H](C)[C@H](c3ccc(CO)cc3)O2)c1. The summed E-state index contributed by atoms with van der Waals surface area (Å²) in [4.78, 5) is 30.6. The van der Waals surface area contributed by atoms with Crippen LogP contribution in [0.1, 0.15) is 48.6 Å². The van der Waals surface area contributed by atoms with Crippen LogP contribution in [0.2, 0.25) is 0 Å². The Morgan fingerprint density at radius 2 is 1.86 bits per heavy atom. The summed E-state index contributed by atoms with van der Waals surface area (Å²) in [6.07, 6.45) is 1.56. The lowest BCUT2D eigenvalue weighted by Gasteiger charge is -2.42. The van der Waals surface area contributed by atoms with Crippen molar-refractivity contribution in [3.63, 3.8) is 0 Å². The van der Waals surface area contributed by atoms with Gasteiger partial charge in [0.05, 0.1) is 25.4 Å². The lowest BCUT2D eigenvalue weighted by Crippen LogP contribution is -2.44. The zero-order chi connectivity index (χ0) is 29.9. The van der Waals surface area contributed by atoms with Crippen LogP contribution in [0.3, 0.4) is 0 Å². The Balaban J connectivity index is 1.49. The Kier molecular flexibility index (Phi) is 11.4. The molecule has 2 heterocycles.